The van der Waals surface area contributed by atoms with Gasteiger partial charge in [0.05, 0.1) is 7.11 Å². The van der Waals surface area contributed by atoms with Crippen molar-refractivity contribution in [2.45, 2.75) is 59.2 Å². The molecular formula is C28H32O8. The van der Waals surface area contributed by atoms with Crippen molar-refractivity contribution in [1.82, 2.24) is 0 Å². The standard InChI is InChI=1S/C28H32O8/c1-6-8-18-17(10-11-21(32-5)26(18)30)23-12-20(29)25-24(35-23)13-22(19(9-7-2)27(25)31)33-14-16-15-34-28(3,4)36-16/h10-13,15,30-31H,6-9,14H2,1-5H3. The van der Waals surface area contributed by atoms with E-state index in [1.807, 2.05) is 13.8 Å². The van der Waals surface area contributed by atoms with Crippen LogP contribution in [0.15, 0.2) is 45.5 Å². The lowest BCUT2D eigenvalue weighted by atomic mass is 9.98. The molecule has 1 aliphatic heterocycles. The fourth-order valence-electron chi connectivity index (χ4n) is 4.37. The van der Waals surface area contributed by atoms with Crippen molar-refractivity contribution in [1.29, 1.82) is 0 Å². The van der Waals surface area contributed by atoms with Crippen molar-refractivity contribution in [2.75, 3.05) is 13.7 Å². The Balaban J connectivity index is 1.82. The van der Waals surface area contributed by atoms with Crippen molar-refractivity contribution in [3.8, 4) is 34.3 Å². The molecule has 0 aliphatic carbocycles. The van der Waals surface area contributed by atoms with Crippen molar-refractivity contribution in [3.63, 3.8) is 0 Å². The average molecular weight is 497 g/mol. The van der Waals surface area contributed by atoms with Crippen LogP contribution in [0.1, 0.15) is 51.7 Å². The smallest absolute Gasteiger partial charge is 0.244 e. The van der Waals surface area contributed by atoms with Gasteiger partial charge in [0, 0.05) is 42.7 Å². The third-order valence-corrected chi connectivity index (χ3v) is 6.01. The van der Waals surface area contributed by atoms with E-state index in [0.29, 0.717) is 46.8 Å². The van der Waals surface area contributed by atoms with Gasteiger partial charge in [0.2, 0.25) is 5.79 Å². The molecular weight excluding hydrogens is 464 g/mol. The quantitative estimate of drug-likeness (QED) is 0.383. The van der Waals surface area contributed by atoms with Crippen molar-refractivity contribution >= 4 is 11.0 Å². The third kappa shape index (κ3) is 4.80. The summed E-state index contributed by atoms with van der Waals surface area (Å²) in [4.78, 5) is 13.2. The Hall–Kier alpha value is -3.81. The molecule has 2 heterocycles. The largest absolute Gasteiger partial charge is 0.507 e. The van der Waals surface area contributed by atoms with Gasteiger partial charge in [-0.05, 0) is 25.0 Å². The SMILES string of the molecule is CCCc1c(-c2cc(=O)c3c(O)c(CCC)c(OCC4=COC(C)(C)O4)cc3o2)ccc(OC)c1O. The zero-order chi connectivity index (χ0) is 26.0. The number of hydrogen-bond acceptors (Lipinski definition) is 8. The fraction of sp³-hybridized carbons (Fsp3) is 0.393. The van der Waals surface area contributed by atoms with Gasteiger partial charge in [0.25, 0.3) is 0 Å². The molecule has 0 atom stereocenters. The number of hydrogen-bond donors (Lipinski definition) is 2. The lowest BCUT2D eigenvalue weighted by Gasteiger charge is -2.19. The molecule has 0 spiro atoms. The van der Waals surface area contributed by atoms with E-state index in [4.69, 9.17) is 23.4 Å². The fourth-order valence-corrected chi connectivity index (χ4v) is 4.37. The Morgan fingerprint density at radius 2 is 1.69 bits per heavy atom. The minimum absolute atomic E-state index is 0.0136. The van der Waals surface area contributed by atoms with Gasteiger partial charge in [-0.25, -0.2) is 0 Å². The van der Waals surface area contributed by atoms with Crippen molar-refractivity contribution in [3.05, 3.63) is 57.6 Å². The van der Waals surface area contributed by atoms with E-state index in [1.165, 1.54) is 19.4 Å². The molecule has 0 amide bonds. The second kappa shape index (κ2) is 10.0. The highest BCUT2D eigenvalue weighted by Crippen LogP contribution is 2.41. The molecule has 3 aromatic rings. The summed E-state index contributed by atoms with van der Waals surface area (Å²) in [7, 11) is 1.48. The minimum atomic E-state index is -0.766. The van der Waals surface area contributed by atoms with Crippen LogP contribution in [0.5, 0.6) is 23.0 Å². The van der Waals surface area contributed by atoms with Crippen LogP contribution in [0, 0.1) is 0 Å². The molecule has 2 N–H and O–H groups in total. The average Bonchev–Trinajstić information content (AvgIpc) is 3.19. The Morgan fingerprint density at radius 3 is 2.33 bits per heavy atom. The number of methoxy groups -OCH3 is 1. The number of aromatic hydroxyl groups is 2. The van der Waals surface area contributed by atoms with Gasteiger partial charge in [-0.15, -0.1) is 0 Å². The molecule has 0 fully saturated rings. The number of fused-ring (bicyclic) bond motifs is 1. The highest BCUT2D eigenvalue weighted by atomic mass is 16.7. The van der Waals surface area contributed by atoms with E-state index < -0.39 is 5.79 Å². The number of rotatable bonds is 9. The maximum atomic E-state index is 13.2. The summed E-state index contributed by atoms with van der Waals surface area (Å²) in [5.41, 5.74) is 1.52. The second-order valence-electron chi connectivity index (χ2n) is 9.19. The molecule has 8 nitrogen and oxygen atoms in total. The molecule has 1 aromatic heterocycles. The Labute approximate surface area is 209 Å². The first-order valence-corrected chi connectivity index (χ1v) is 12.1. The maximum Gasteiger partial charge on any atom is 0.244 e. The van der Waals surface area contributed by atoms with E-state index in [0.717, 1.165) is 12.8 Å². The first kappa shape index (κ1) is 25.3. The van der Waals surface area contributed by atoms with Crippen molar-refractivity contribution in [2.24, 2.45) is 0 Å². The summed E-state index contributed by atoms with van der Waals surface area (Å²) in [6.45, 7) is 7.64. The normalized spacial score (nSPS) is 14.3. The maximum absolute atomic E-state index is 13.2. The van der Waals surface area contributed by atoms with Gasteiger partial charge in [-0.2, -0.15) is 0 Å². The number of benzene rings is 2. The van der Waals surface area contributed by atoms with Gasteiger partial charge < -0.3 is 33.6 Å². The van der Waals surface area contributed by atoms with E-state index in [9.17, 15) is 15.0 Å². The lowest BCUT2D eigenvalue weighted by molar-refractivity contribution is -0.119. The van der Waals surface area contributed by atoms with E-state index >= 15 is 0 Å². The minimum Gasteiger partial charge on any atom is -0.507 e. The molecule has 36 heavy (non-hydrogen) atoms. The third-order valence-electron chi connectivity index (χ3n) is 6.01. The van der Waals surface area contributed by atoms with E-state index in [1.54, 1.807) is 32.0 Å². The molecule has 2 aromatic carbocycles. The van der Waals surface area contributed by atoms with E-state index in [-0.39, 0.29) is 40.3 Å². The van der Waals surface area contributed by atoms with Crippen LogP contribution in [-0.4, -0.2) is 29.7 Å². The van der Waals surface area contributed by atoms with E-state index in [2.05, 4.69) is 0 Å². The molecule has 4 rings (SSSR count). The van der Waals surface area contributed by atoms with Gasteiger partial charge >= 0.3 is 0 Å². The molecule has 0 saturated carbocycles. The molecule has 0 saturated heterocycles. The molecule has 0 unspecified atom stereocenters. The van der Waals surface area contributed by atoms with Gasteiger partial charge in [-0.1, -0.05) is 26.7 Å². The Kier molecular flexibility index (Phi) is 7.06. The van der Waals surface area contributed by atoms with Crippen LogP contribution < -0.4 is 14.9 Å². The molecule has 192 valence electrons. The summed E-state index contributed by atoms with van der Waals surface area (Å²) in [6, 6.07) is 6.34. The second-order valence-corrected chi connectivity index (χ2v) is 9.19. The lowest BCUT2D eigenvalue weighted by Crippen LogP contribution is -2.21. The van der Waals surface area contributed by atoms with Crippen LogP contribution >= 0.6 is 0 Å². The van der Waals surface area contributed by atoms with Crippen LogP contribution in [0.4, 0.5) is 0 Å². The van der Waals surface area contributed by atoms with Crippen LogP contribution in [-0.2, 0) is 22.3 Å². The number of phenols is 2. The monoisotopic (exact) mass is 496 g/mol. The van der Waals surface area contributed by atoms with Crippen LogP contribution in [0.25, 0.3) is 22.3 Å². The predicted octanol–water partition coefficient (Wildman–Crippen LogP) is 5.79. The highest BCUT2D eigenvalue weighted by Gasteiger charge is 2.28. The Bertz CT molecular complexity index is 1370. The Morgan fingerprint density at radius 1 is 0.972 bits per heavy atom. The molecule has 8 heteroatoms. The van der Waals surface area contributed by atoms with Crippen molar-refractivity contribution < 1.29 is 33.6 Å². The summed E-state index contributed by atoms with van der Waals surface area (Å²) >= 11 is 0. The predicted molar refractivity (Wildman–Crippen MR) is 136 cm³/mol. The molecule has 1 aliphatic rings. The highest BCUT2D eigenvalue weighted by molar-refractivity contribution is 5.88. The first-order valence-electron chi connectivity index (χ1n) is 12.1. The summed E-state index contributed by atoms with van der Waals surface area (Å²) in [5.74, 6) is 0.614. The number of ether oxygens (including phenoxy) is 4. The summed E-state index contributed by atoms with van der Waals surface area (Å²) in [5, 5.41) is 21.9. The molecule has 0 radical (unpaired) electrons. The molecule has 0 bridgehead atoms. The van der Waals surface area contributed by atoms with Crippen LogP contribution in [0.3, 0.4) is 0 Å². The van der Waals surface area contributed by atoms with Gasteiger partial charge in [0.1, 0.15) is 41.1 Å². The summed E-state index contributed by atoms with van der Waals surface area (Å²) < 4.78 is 28.5. The number of phenolic OH excluding ortho intramolecular Hbond substituents is 2. The summed E-state index contributed by atoms with van der Waals surface area (Å²) in [6.07, 6.45) is 4.07. The topological polar surface area (TPSA) is 108 Å². The zero-order valence-corrected chi connectivity index (χ0v) is 21.3. The van der Waals surface area contributed by atoms with Gasteiger partial charge in [0.15, 0.2) is 22.7 Å². The van der Waals surface area contributed by atoms with Crippen LogP contribution in [0.2, 0.25) is 0 Å². The first-order chi connectivity index (χ1) is 17.2. The van der Waals surface area contributed by atoms with Gasteiger partial charge in [-0.3, -0.25) is 4.79 Å². The zero-order valence-electron chi connectivity index (χ0n) is 21.3.